The first-order valence-electron chi connectivity index (χ1n) is 9.96. The zero-order valence-corrected chi connectivity index (χ0v) is 15.3. The molecule has 0 aromatic rings. The summed E-state index contributed by atoms with van der Waals surface area (Å²) in [6, 6.07) is 0.212. The molecule has 0 aromatic heterocycles. The number of carboxylic acids is 1. The van der Waals surface area contributed by atoms with Crippen LogP contribution in [0.4, 0.5) is 4.79 Å². The topological polar surface area (TPSA) is 87.7 Å². The van der Waals surface area contributed by atoms with E-state index in [4.69, 9.17) is 9.84 Å². The van der Waals surface area contributed by atoms with Gasteiger partial charge in [-0.15, -0.1) is 0 Å². The van der Waals surface area contributed by atoms with E-state index in [1.807, 2.05) is 6.92 Å². The van der Waals surface area contributed by atoms with Crippen LogP contribution in [0.3, 0.4) is 0 Å². The van der Waals surface area contributed by atoms with E-state index >= 15 is 0 Å². The third kappa shape index (κ3) is 3.94. The van der Waals surface area contributed by atoms with Gasteiger partial charge in [-0.05, 0) is 51.9 Å². The standard InChI is InChI=1S/C19H32N2O4/c1-2-25-16-12-15(19(16)10-4-3-5-11-19)21-18(24)20-14-8-6-13(7-9-14)17(22)23/h13-16H,2-12H2,1H3,(H,22,23)(H2,20,21,24). The van der Waals surface area contributed by atoms with E-state index in [1.54, 1.807) is 0 Å². The molecule has 0 aliphatic heterocycles. The molecule has 2 amide bonds. The molecule has 0 heterocycles. The molecule has 142 valence electrons. The van der Waals surface area contributed by atoms with Crippen LogP contribution in [-0.4, -0.2) is 41.9 Å². The Balaban J connectivity index is 1.48. The molecule has 0 bridgehead atoms. The van der Waals surface area contributed by atoms with Crippen LogP contribution in [0.15, 0.2) is 0 Å². The molecule has 0 saturated heterocycles. The fraction of sp³-hybridized carbons (Fsp3) is 0.895. The number of nitrogens with one attached hydrogen (secondary N) is 2. The smallest absolute Gasteiger partial charge is 0.315 e. The van der Waals surface area contributed by atoms with Crippen LogP contribution < -0.4 is 10.6 Å². The Labute approximate surface area is 150 Å². The zero-order valence-electron chi connectivity index (χ0n) is 15.3. The second-order valence-electron chi connectivity index (χ2n) is 8.03. The van der Waals surface area contributed by atoms with Crippen LogP contribution in [0.2, 0.25) is 0 Å². The normalized spacial score (nSPS) is 34.1. The zero-order chi connectivity index (χ0) is 17.9. The number of ether oxygens (including phenoxy) is 1. The quantitative estimate of drug-likeness (QED) is 0.709. The molecular weight excluding hydrogens is 320 g/mol. The summed E-state index contributed by atoms with van der Waals surface area (Å²) in [5.41, 5.74) is 0.132. The molecule has 2 unspecified atom stereocenters. The summed E-state index contributed by atoms with van der Waals surface area (Å²) in [5, 5.41) is 15.3. The minimum atomic E-state index is -0.710. The molecule has 3 saturated carbocycles. The van der Waals surface area contributed by atoms with Gasteiger partial charge in [0, 0.05) is 24.1 Å². The van der Waals surface area contributed by atoms with Crippen LogP contribution in [0.5, 0.6) is 0 Å². The number of hydrogen-bond donors (Lipinski definition) is 3. The highest BCUT2D eigenvalue weighted by Gasteiger charge is 2.56. The van der Waals surface area contributed by atoms with E-state index in [1.165, 1.54) is 19.3 Å². The van der Waals surface area contributed by atoms with E-state index < -0.39 is 5.97 Å². The molecule has 25 heavy (non-hydrogen) atoms. The summed E-state index contributed by atoms with van der Waals surface area (Å²) < 4.78 is 5.94. The van der Waals surface area contributed by atoms with Crippen molar-refractivity contribution in [1.82, 2.24) is 10.6 Å². The van der Waals surface area contributed by atoms with E-state index in [-0.39, 0.29) is 35.6 Å². The van der Waals surface area contributed by atoms with Crippen molar-refractivity contribution in [3.8, 4) is 0 Å². The highest BCUT2D eigenvalue weighted by molar-refractivity contribution is 5.75. The van der Waals surface area contributed by atoms with Crippen LogP contribution in [0.1, 0.15) is 71.1 Å². The van der Waals surface area contributed by atoms with Gasteiger partial charge in [-0.3, -0.25) is 4.79 Å². The second kappa shape index (κ2) is 7.94. The minimum Gasteiger partial charge on any atom is -0.481 e. The highest BCUT2D eigenvalue weighted by Crippen LogP contribution is 2.53. The lowest BCUT2D eigenvalue weighted by atomic mass is 9.55. The van der Waals surface area contributed by atoms with E-state index in [0.717, 1.165) is 38.7 Å². The van der Waals surface area contributed by atoms with Crippen molar-refractivity contribution in [3.05, 3.63) is 0 Å². The first-order chi connectivity index (χ1) is 12.0. The fourth-order valence-electron chi connectivity index (χ4n) is 5.14. The van der Waals surface area contributed by atoms with Gasteiger partial charge < -0.3 is 20.5 Å². The molecule has 3 N–H and O–H groups in total. The van der Waals surface area contributed by atoms with Gasteiger partial charge in [0.2, 0.25) is 0 Å². The van der Waals surface area contributed by atoms with E-state index in [2.05, 4.69) is 10.6 Å². The van der Waals surface area contributed by atoms with Crippen LogP contribution in [0, 0.1) is 11.3 Å². The van der Waals surface area contributed by atoms with Crippen LogP contribution >= 0.6 is 0 Å². The summed E-state index contributed by atoms with van der Waals surface area (Å²) in [6.07, 6.45) is 10.0. The summed E-state index contributed by atoms with van der Waals surface area (Å²) in [5.74, 6) is -0.955. The maximum Gasteiger partial charge on any atom is 0.315 e. The van der Waals surface area contributed by atoms with Gasteiger partial charge in [-0.1, -0.05) is 19.3 Å². The van der Waals surface area contributed by atoms with Crippen molar-refractivity contribution in [2.75, 3.05) is 6.61 Å². The third-order valence-electron chi connectivity index (χ3n) is 6.65. The Kier molecular flexibility index (Phi) is 5.87. The van der Waals surface area contributed by atoms with Crippen molar-refractivity contribution in [2.45, 2.75) is 89.3 Å². The van der Waals surface area contributed by atoms with E-state index in [9.17, 15) is 9.59 Å². The highest BCUT2D eigenvalue weighted by atomic mass is 16.5. The van der Waals surface area contributed by atoms with Crippen LogP contribution in [-0.2, 0) is 9.53 Å². The fourth-order valence-corrected chi connectivity index (χ4v) is 5.14. The average Bonchev–Trinajstić information content (AvgIpc) is 2.62. The molecule has 3 rings (SSSR count). The molecule has 6 nitrogen and oxygen atoms in total. The third-order valence-corrected chi connectivity index (χ3v) is 6.65. The van der Waals surface area contributed by atoms with Crippen molar-refractivity contribution < 1.29 is 19.4 Å². The Morgan fingerprint density at radius 3 is 2.36 bits per heavy atom. The maximum atomic E-state index is 12.4. The van der Waals surface area contributed by atoms with Crippen LogP contribution in [0.25, 0.3) is 0 Å². The average molecular weight is 352 g/mol. The molecule has 2 atom stereocenters. The van der Waals surface area contributed by atoms with Crippen molar-refractivity contribution >= 4 is 12.0 Å². The number of urea groups is 1. The molecule has 3 aliphatic rings. The number of amides is 2. The van der Waals surface area contributed by atoms with Crippen molar-refractivity contribution in [2.24, 2.45) is 11.3 Å². The Hall–Kier alpha value is -1.30. The summed E-state index contributed by atoms with van der Waals surface area (Å²) in [4.78, 5) is 23.5. The van der Waals surface area contributed by atoms with Gasteiger partial charge in [0.15, 0.2) is 0 Å². The lowest BCUT2D eigenvalue weighted by molar-refractivity contribution is -0.146. The SMILES string of the molecule is CCOC1CC(NC(=O)NC2CCC(C(=O)O)CC2)C12CCCCC2. The molecule has 6 heteroatoms. The summed E-state index contributed by atoms with van der Waals surface area (Å²) >= 11 is 0. The lowest BCUT2D eigenvalue weighted by Gasteiger charge is -2.57. The largest absolute Gasteiger partial charge is 0.481 e. The molecular formula is C19H32N2O4. The maximum absolute atomic E-state index is 12.4. The van der Waals surface area contributed by atoms with Gasteiger partial charge in [-0.25, -0.2) is 4.79 Å². The Morgan fingerprint density at radius 2 is 1.76 bits per heavy atom. The number of hydrogen-bond acceptors (Lipinski definition) is 3. The predicted octanol–water partition coefficient (Wildman–Crippen LogP) is 3.06. The van der Waals surface area contributed by atoms with Gasteiger partial charge >= 0.3 is 12.0 Å². The lowest BCUT2D eigenvalue weighted by Crippen LogP contribution is -2.66. The molecule has 3 fully saturated rings. The second-order valence-corrected chi connectivity index (χ2v) is 8.03. The molecule has 0 radical (unpaired) electrons. The minimum absolute atomic E-state index is 0.0938. The van der Waals surface area contributed by atoms with E-state index in [0.29, 0.717) is 12.8 Å². The monoisotopic (exact) mass is 352 g/mol. The summed E-state index contributed by atoms with van der Waals surface area (Å²) in [7, 11) is 0. The molecule has 0 aromatic carbocycles. The first-order valence-corrected chi connectivity index (χ1v) is 9.96. The number of rotatable bonds is 5. The summed E-state index contributed by atoms with van der Waals surface area (Å²) in [6.45, 7) is 2.77. The van der Waals surface area contributed by atoms with Gasteiger partial charge in [0.1, 0.15) is 0 Å². The number of carbonyl (C=O) groups is 2. The molecule has 3 aliphatic carbocycles. The number of carbonyl (C=O) groups excluding carboxylic acids is 1. The van der Waals surface area contributed by atoms with Crippen molar-refractivity contribution in [1.29, 1.82) is 0 Å². The number of aliphatic carboxylic acids is 1. The first kappa shape index (κ1) is 18.5. The molecule has 1 spiro atoms. The van der Waals surface area contributed by atoms with Gasteiger partial charge in [-0.2, -0.15) is 0 Å². The van der Waals surface area contributed by atoms with Gasteiger partial charge in [0.25, 0.3) is 0 Å². The van der Waals surface area contributed by atoms with Crippen molar-refractivity contribution in [3.63, 3.8) is 0 Å². The Morgan fingerprint density at radius 1 is 1.08 bits per heavy atom. The predicted molar refractivity (Wildman–Crippen MR) is 94.4 cm³/mol. The van der Waals surface area contributed by atoms with Gasteiger partial charge in [0.05, 0.1) is 12.0 Å². The Bertz CT molecular complexity index is 482. The number of carboxylic acid groups (broad SMARTS) is 1.